The van der Waals surface area contributed by atoms with Crippen molar-refractivity contribution in [1.82, 2.24) is 23.6 Å². The molecule has 4 aromatic rings. The molecule has 0 aliphatic heterocycles. The van der Waals surface area contributed by atoms with Gasteiger partial charge in [-0.25, -0.2) is 9.78 Å². The topological polar surface area (TPSA) is 65.1 Å². The first-order chi connectivity index (χ1) is 23.0. The monoisotopic (exact) mass is 641 g/mol. The first kappa shape index (κ1) is 36.4. The Morgan fingerprint density at radius 2 is 1.02 bits per heavy atom. The van der Waals surface area contributed by atoms with Crippen molar-refractivity contribution in [3.8, 4) is 0 Å². The molecule has 0 aliphatic carbocycles. The molecule has 2 heterocycles. The molecule has 7 heteroatoms. The van der Waals surface area contributed by atoms with Gasteiger partial charge in [0.05, 0.1) is 6.54 Å². The summed E-state index contributed by atoms with van der Waals surface area (Å²) >= 11 is 0. The van der Waals surface area contributed by atoms with Crippen LogP contribution in [0.4, 0.5) is 0 Å². The van der Waals surface area contributed by atoms with Crippen LogP contribution in [0, 0.1) is 0 Å². The molecule has 2 aromatic carbocycles. The van der Waals surface area contributed by atoms with Gasteiger partial charge < -0.3 is 4.57 Å². The Kier molecular flexibility index (Phi) is 15.5. The van der Waals surface area contributed by atoms with Crippen molar-refractivity contribution in [2.24, 2.45) is 14.1 Å². The zero-order valence-corrected chi connectivity index (χ0v) is 29.5. The molecule has 0 unspecified atom stereocenters. The molecule has 0 saturated heterocycles. The Morgan fingerprint density at radius 1 is 0.574 bits per heavy atom. The Balaban J connectivity index is 1.34. The van der Waals surface area contributed by atoms with E-state index < -0.39 is 0 Å². The summed E-state index contributed by atoms with van der Waals surface area (Å²) < 4.78 is 4.83. The van der Waals surface area contributed by atoms with Gasteiger partial charge in [-0.15, -0.1) is 0 Å². The van der Waals surface area contributed by atoms with Gasteiger partial charge in [0.1, 0.15) is 5.82 Å². The molecule has 0 radical (unpaired) electrons. The maximum absolute atomic E-state index is 13.5. The summed E-state index contributed by atoms with van der Waals surface area (Å²) in [6.45, 7) is 5.10. The van der Waals surface area contributed by atoms with Gasteiger partial charge in [-0.1, -0.05) is 164 Å². The number of hydrogen-bond acceptors (Lipinski definition) is 4. The average molecular weight is 642 g/mol. The highest BCUT2D eigenvalue weighted by Gasteiger charge is 2.21. The van der Waals surface area contributed by atoms with Crippen molar-refractivity contribution >= 4 is 11.2 Å². The minimum atomic E-state index is -0.341. The van der Waals surface area contributed by atoms with Crippen LogP contribution in [-0.2, 0) is 40.3 Å². The molecule has 0 aliphatic rings. The number of rotatable bonds is 23. The van der Waals surface area contributed by atoms with Crippen LogP contribution in [-0.4, -0.2) is 23.6 Å². The van der Waals surface area contributed by atoms with Crippen molar-refractivity contribution in [3.63, 3.8) is 0 Å². The van der Waals surface area contributed by atoms with Gasteiger partial charge in [-0.05, 0) is 17.5 Å². The van der Waals surface area contributed by atoms with Gasteiger partial charge >= 0.3 is 5.69 Å². The number of benzene rings is 2. The maximum atomic E-state index is 13.5. The first-order valence-corrected chi connectivity index (χ1v) is 18.4. The normalized spacial score (nSPS) is 11.7. The summed E-state index contributed by atoms with van der Waals surface area (Å²) in [6, 6.07) is 21.0. The minimum absolute atomic E-state index is 0.268. The van der Waals surface area contributed by atoms with Crippen LogP contribution in [0.15, 0.2) is 70.3 Å². The van der Waals surface area contributed by atoms with Gasteiger partial charge in [0.25, 0.3) is 5.56 Å². The lowest BCUT2D eigenvalue weighted by Gasteiger charge is -2.23. The fraction of sp³-hybridized carbons (Fsp3) is 0.575. The number of imidazole rings is 1. The quantitative estimate of drug-likeness (QED) is 0.0759. The zero-order valence-electron chi connectivity index (χ0n) is 29.5. The summed E-state index contributed by atoms with van der Waals surface area (Å²) in [4.78, 5) is 33.6. The highest BCUT2D eigenvalue weighted by Crippen LogP contribution is 2.19. The van der Waals surface area contributed by atoms with E-state index in [9.17, 15) is 9.59 Å². The average Bonchev–Trinajstić information content (AvgIpc) is 3.44. The lowest BCUT2D eigenvalue weighted by Crippen LogP contribution is -2.37. The number of aryl methyl sites for hydroxylation is 2. The Bertz CT molecular complexity index is 1530. The molecule has 0 saturated carbocycles. The Morgan fingerprint density at radius 3 is 1.49 bits per heavy atom. The fourth-order valence-corrected chi connectivity index (χ4v) is 6.72. The van der Waals surface area contributed by atoms with Gasteiger partial charge in [-0.2, -0.15) is 0 Å². The van der Waals surface area contributed by atoms with E-state index in [4.69, 9.17) is 4.98 Å². The molecule has 0 bridgehead atoms. The second kappa shape index (κ2) is 20.0. The molecule has 0 spiro atoms. The van der Waals surface area contributed by atoms with E-state index in [0.29, 0.717) is 17.7 Å². The van der Waals surface area contributed by atoms with Crippen LogP contribution < -0.4 is 11.2 Å². The first-order valence-electron chi connectivity index (χ1n) is 18.4. The maximum Gasteiger partial charge on any atom is 0.332 e. The number of nitrogens with zero attached hydrogens (tertiary/aromatic N) is 5. The van der Waals surface area contributed by atoms with Crippen molar-refractivity contribution in [3.05, 3.63) is 98.5 Å². The smallest absolute Gasteiger partial charge is 0.321 e. The number of fused-ring (bicyclic) bond motifs is 1. The second-order valence-corrected chi connectivity index (χ2v) is 13.5. The molecule has 7 nitrogen and oxygen atoms in total. The van der Waals surface area contributed by atoms with E-state index in [1.165, 1.54) is 110 Å². The molecule has 47 heavy (non-hydrogen) atoms. The largest absolute Gasteiger partial charge is 0.332 e. The standard InChI is InChI=1S/C40H59N5O2/c1-4-5-6-7-8-9-10-11-12-13-14-15-16-17-18-25-30-45-36(41-38-37(45)39(46)43(3)40(47)42(38)2)33-44(31-34-26-21-19-22-27-34)32-35-28-23-20-24-29-35/h19-24,26-29H,4-18,25,30-33H2,1-3H3. The molecule has 0 atom stereocenters. The van der Waals surface area contributed by atoms with Gasteiger partial charge in [0.15, 0.2) is 11.2 Å². The van der Waals surface area contributed by atoms with Crippen molar-refractivity contribution in [1.29, 1.82) is 0 Å². The minimum Gasteiger partial charge on any atom is -0.321 e. The lowest BCUT2D eigenvalue weighted by molar-refractivity contribution is 0.238. The predicted molar refractivity (Wildman–Crippen MR) is 196 cm³/mol. The molecule has 4 rings (SSSR count). The van der Waals surface area contributed by atoms with Crippen LogP contribution in [0.25, 0.3) is 11.2 Å². The van der Waals surface area contributed by atoms with Gasteiger partial charge in [0, 0.05) is 33.7 Å². The van der Waals surface area contributed by atoms with E-state index in [2.05, 4.69) is 64.9 Å². The fourth-order valence-electron chi connectivity index (χ4n) is 6.72. The van der Waals surface area contributed by atoms with Crippen LogP contribution >= 0.6 is 0 Å². The van der Waals surface area contributed by atoms with Crippen LogP contribution in [0.1, 0.15) is 127 Å². The predicted octanol–water partition coefficient (Wildman–Crippen LogP) is 8.90. The molecule has 0 fully saturated rings. The number of hydrogen-bond donors (Lipinski definition) is 0. The van der Waals surface area contributed by atoms with Crippen LogP contribution in [0.3, 0.4) is 0 Å². The lowest BCUT2D eigenvalue weighted by atomic mass is 10.0. The summed E-state index contributed by atoms with van der Waals surface area (Å²) in [5, 5.41) is 0. The van der Waals surface area contributed by atoms with E-state index in [1.807, 2.05) is 12.1 Å². The van der Waals surface area contributed by atoms with Crippen LogP contribution in [0.2, 0.25) is 0 Å². The summed E-state index contributed by atoms with van der Waals surface area (Å²) in [5.41, 5.74) is 2.86. The molecular formula is C40H59N5O2. The third-order valence-electron chi connectivity index (χ3n) is 9.53. The summed E-state index contributed by atoms with van der Waals surface area (Å²) in [5.74, 6) is 0.839. The highest BCUT2D eigenvalue weighted by molar-refractivity contribution is 5.71. The van der Waals surface area contributed by atoms with E-state index in [0.717, 1.165) is 38.3 Å². The number of aromatic nitrogens is 4. The third-order valence-corrected chi connectivity index (χ3v) is 9.53. The third kappa shape index (κ3) is 11.3. The molecule has 2 aromatic heterocycles. The van der Waals surface area contributed by atoms with Crippen LogP contribution in [0.5, 0.6) is 0 Å². The molecule has 0 amide bonds. The Hall–Kier alpha value is -3.45. The van der Waals surface area contributed by atoms with Crippen molar-refractivity contribution in [2.45, 2.75) is 136 Å². The van der Waals surface area contributed by atoms with E-state index >= 15 is 0 Å². The number of unbranched alkanes of at least 4 members (excludes halogenated alkanes) is 15. The zero-order chi connectivity index (χ0) is 33.3. The van der Waals surface area contributed by atoms with E-state index in [-0.39, 0.29) is 11.2 Å². The SMILES string of the molecule is CCCCCCCCCCCCCCCCCCn1c(CN(Cc2ccccc2)Cc2ccccc2)nc2c1c(=O)n(C)c(=O)n2C. The second-order valence-electron chi connectivity index (χ2n) is 13.5. The molecule has 0 N–H and O–H groups in total. The van der Waals surface area contributed by atoms with Crippen molar-refractivity contribution < 1.29 is 0 Å². The Labute approximate surface area is 282 Å². The van der Waals surface area contributed by atoms with Gasteiger partial charge in [0.2, 0.25) is 0 Å². The molecular weight excluding hydrogens is 582 g/mol. The van der Waals surface area contributed by atoms with Crippen molar-refractivity contribution in [2.75, 3.05) is 0 Å². The van der Waals surface area contributed by atoms with Gasteiger partial charge in [-0.3, -0.25) is 18.8 Å². The summed E-state index contributed by atoms with van der Waals surface area (Å²) in [7, 11) is 3.28. The highest BCUT2D eigenvalue weighted by atomic mass is 16.2. The van der Waals surface area contributed by atoms with E-state index in [1.54, 1.807) is 14.1 Å². The summed E-state index contributed by atoms with van der Waals surface area (Å²) in [6.07, 6.45) is 21.2. The molecule has 256 valence electrons.